The minimum Gasteiger partial charge on any atom is -0.496 e. The molecule has 2 aromatic rings. The Morgan fingerprint density at radius 2 is 1.75 bits per heavy atom. The summed E-state index contributed by atoms with van der Waals surface area (Å²) in [5, 5.41) is 2.41. The van der Waals surface area contributed by atoms with Crippen molar-refractivity contribution < 1.29 is 25.2 Å². The number of hydrogen-bond acceptors (Lipinski definition) is 8. The third-order valence-corrected chi connectivity index (χ3v) is 11.8. The standard InChI is InChI=1S/C35H48N4O2.C7H13NO3.H2/c1-25(2)38-23-29(22-36)28-12-19-37-32(21-28)39(33(40)27-8-6-5-7-9-27)24-34-13-16-35(17-14-34,18-15-34)30-10-11-31(41-4)26(3)20-30;1-8-7(9)11-6-2-4-10-5-3-6;/h10-12,19-23,25,27H,5-9,13-18,24,36H2,1-4H3;6H,2-5H2,1H3,(H,8,9);1H/b29-22+,38-23?;;. The van der Waals surface area contributed by atoms with Gasteiger partial charge < -0.3 is 25.3 Å². The highest BCUT2D eigenvalue weighted by atomic mass is 16.6. The molecule has 1 aliphatic heterocycles. The van der Waals surface area contributed by atoms with Crippen LogP contribution in [-0.2, 0) is 19.7 Å². The summed E-state index contributed by atoms with van der Waals surface area (Å²) in [5.74, 6) is 2.05. The lowest BCUT2D eigenvalue weighted by Crippen LogP contribution is -2.51. The number of aromatic nitrogens is 1. The second kappa shape index (κ2) is 18.2. The fourth-order valence-corrected chi connectivity index (χ4v) is 8.51. The van der Waals surface area contributed by atoms with Crippen molar-refractivity contribution >= 4 is 29.6 Å². The number of nitrogens with one attached hydrogen (secondary N) is 1. The van der Waals surface area contributed by atoms with Gasteiger partial charge in [0.05, 0.1) is 20.3 Å². The zero-order valence-electron chi connectivity index (χ0n) is 32.1. The Labute approximate surface area is 312 Å². The second-order valence-corrected chi connectivity index (χ2v) is 15.6. The monoisotopic (exact) mass is 717 g/mol. The number of methoxy groups -OCH3 is 1. The molecule has 1 saturated heterocycles. The van der Waals surface area contributed by atoms with Gasteiger partial charge in [-0.1, -0.05) is 31.4 Å². The quantitative estimate of drug-likeness (QED) is 0.238. The number of allylic oxidation sites excluding steroid dienone is 1. The molecule has 286 valence electrons. The smallest absolute Gasteiger partial charge is 0.407 e. The number of aliphatic imine (C=N–C) groups is 1. The van der Waals surface area contributed by atoms with Crippen LogP contribution in [-0.4, -0.2) is 69.3 Å². The Morgan fingerprint density at radius 1 is 1.06 bits per heavy atom. The molecule has 4 saturated carbocycles. The largest absolute Gasteiger partial charge is 0.496 e. The van der Waals surface area contributed by atoms with Gasteiger partial charge in [-0.15, -0.1) is 0 Å². The number of fused-ring (bicyclic) bond motifs is 3. The Kier molecular flexibility index (Phi) is 13.8. The SMILES string of the molecule is CNC(=O)OC1CCOCC1.COc1ccc(C23CCC(CN(C(=O)C4CCCCC4)c4cc(/C(C=NC(C)C)=C/N)ccn4)(CC2)CC3)cc1C.[HH]. The van der Waals surface area contributed by atoms with Crippen molar-refractivity contribution in [1.82, 2.24) is 10.3 Å². The van der Waals surface area contributed by atoms with E-state index in [-0.39, 0.29) is 42.3 Å². The van der Waals surface area contributed by atoms with Crippen molar-refractivity contribution in [2.75, 3.05) is 38.8 Å². The highest BCUT2D eigenvalue weighted by Gasteiger charge is 2.50. The number of amides is 2. The highest BCUT2D eigenvalue weighted by Crippen LogP contribution is 2.58. The molecule has 5 fully saturated rings. The summed E-state index contributed by atoms with van der Waals surface area (Å²) in [6, 6.07) is 10.9. The molecule has 1 aromatic carbocycles. The molecule has 5 aliphatic rings. The average molecular weight is 718 g/mol. The zero-order valence-corrected chi connectivity index (χ0v) is 32.1. The summed E-state index contributed by atoms with van der Waals surface area (Å²) in [6.45, 7) is 8.38. The van der Waals surface area contributed by atoms with Gasteiger partial charge in [0, 0.05) is 64.0 Å². The fraction of sp³-hybridized carbons (Fsp3) is 0.619. The van der Waals surface area contributed by atoms with Gasteiger partial charge in [0.15, 0.2) is 0 Å². The van der Waals surface area contributed by atoms with E-state index in [9.17, 15) is 9.59 Å². The minimum atomic E-state index is -0.350. The number of ether oxygens (including phenoxy) is 3. The number of carbonyl (C=O) groups excluding carboxylic acids is 2. The van der Waals surface area contributed by atoms with Crippen LogP contribution in [0.4, 0.5) is 10.6 Å². The van der Waals surface area contributed by atoms with Crippen molar-refractivity contribution in [1.29, 1.82) is 0 Å². The van der Waals surface area contributed by atoms with Crippen LogP contribution in [0.5, 0.6) is 5.75 Å². The molecule has 7 rings (SSSR count). The Hall–Kier alpha value is -3.92. The first-order valence-corrected chi connectivity index (χ1v) is 19.4. The third-order valence-electron chi connectivity index (χ3n) is 11.8. The first-order chi connectivity index (χ1) is 25.1. The van der Waals surface area contributed by atoms with E-state index < -0.39 is 0 Å². The van der Waals surface area contributed by atoms with Crippen molar-refractivity contribution in [3.05, 3.63) is 59.4 Å². The molecular weight excluding hydrogens is 654 g/mol. The van der Waals surface area contributed by atoms with E-state index in [1.165, 1.54) is 36.8 Å². The van der Waals surface area contributed by atoms with Gasteiger partial charge in [-0.25, -0.2) is 9.78 Å². The van der Waals surface area contributed by atoms with Gasteiger partial charge in [-0.05, 0) is 118 Å². The van der Waals surface area contributed by atoms with Gasteiger partial charge in [-0.3, -0.25) is 14.7 Å². The predicted molar refractivity (Wildman–Crippen MR) is 210 cm³/mol. The molecule has 2 amide bonds. The van der Waals surface area contributed by atoms with Gasteiger partial charge >= 0.3 is 6.09 Å². The molecular formula is C42H63N5O5. The summed E-state index contributed by atoms with van der Waals surface area (Å²) in [5.41, 5.74) is 10.9. The summed E-state index contributed by atoms with van der Waals surface area (Å²) in [4.78, 5) is 36.3. The van der Waals surface area contributed by atoms with Crippen LogP contribution in [0.3, 0.4) is 0 Å². The molecule has 52 heavy (non-hydrogen) atoms. The number of alkyl carbamates (subject to hydrolysis) is 1. The number of anilines is 1. The number of rotatable bonds is 10. The molecule has 3 N–H and O–H groups in total. The van der Waals surface area contributed by atoms with Gasteiger partial charge in [0.1, 0.15) is 17.7 Å². The lowest BCUT2D eigenvalue weighted by atomic mass is 9.51. The highest BCUT2D eigenvalue weighted by molar-refractivity contribution is 6.10. The van der Waals surface area contributed by atoms with Crippen molar-refractivity contribution in [3.63, 3.8) is 0 Å². The molecule has 1 aromatic heterocycles. The Morgan fingerprint density at radius 3 is 2.35 bits per heavy atom. The number of hydrogen-bond donors (Lipinski definition) is 2. The first-order valence-electron chi connectivity index (χ1n) is 19.4. The number of pyridine rings is 1. The van der Waals surface area contributed by atoms with Crippen LogP contribution in [0.25, 0.3) is 5.57 Å². The van der Waals surface area contributed by atoms with Gasteiger partial charge in [0.25, 0.3) is 0 Å². The summed E-state index contributed by atoms with van der Waals surface area (Å²) in [6.07, 6.45) is 19.0. The predicted octanol–water partition coefficient (Wildman–Crippen LogP) is 8.15. The molecule has 0 atom stereocenters. The summed E-state index contributed by atoms with van der Waals surface area (Å²) in [7, 11) is 3.30. The summed E-state index contributed by atoms with van der Waals surface area (Å²) < 4.78 is 15.6. The van der Waals surface area contributed by atoms with Crippen LogP contribution >= 0.6 is 0 Å². The fourth-order valence-electron chi connectivity index (χ4n) is 8.51. The van der Waals surface area contributed by atoms with E-state index in [1.807, 2.05) is 38.4 Å². The van der Waals surface area contributed by atoms with E-state index in [0.717, 1.165) is 87.0 Å². The third kappa shape index (κ3) is 9.73. The molecule has 0 radical (unpaired) electrons. The maximum atomic E-state index is 14.2. The van der Waals surface area contributed by atoms with Crippen LogP contribution in [0.2, 0.25) is 0 Å². The number of aryl methyl sites for hydroxylation is 1. The van der Waals surface area contributed by atoms with E-state index in [0.29, 0.717) is 13.2 Å². The Bertz CT molecular complexity index is 1540. The van der Waals surface area contributed by atoms with E-state index in [4.69, 9.17) is 24.9 Å². The minimum absolute atomic E-state index is 0. The van der Waals surface area contributed by atoms with Crippen molar-refractivity contribution in [2.24, 2.45) is 22.1 Å². The lowest BCUT2D eigenvalue weighted by molar-refractivity contribution is -0.124. The molecule has 0 unspecified atom stereocenters. The van der Waals surface area contributed by atoms with E-state index in [1.54, 1.807) is 20.4 Å². The van der Waals surface area contributed by atoms with Crippen molar-refractivity contribution in [3.8, 4) is 5.75 Å². The maximum absolute atomic E-state index is 14.2. The number of nitrogens with two attached hydrogens (primary N) is 1. The van der Waals surface area contributed by atoms with Gasteiger partial charge in [0.2, 0.25) is 5.91 Å². The van der Waals surface area contributed by atoms with Crippen LogP contribution in [0.15, 0.2) is 47.7 Å². The van der Waals surface area contributed by atoms with Crippen LogP contribution in [0, 0.1) is 18.3 Å². The molecule has 0 spiro atoms. The Balaban J connectivity index is 0.000000449. The zero-order chi connectivity index (χ0) is 37.1. The van der Waals surface area contributed by atoms with Crippen molar-refractivity contribution in [2.45, 2.75) is 122 Å². The first kappa shape index (κ1) is 39.3. The lowest BCUT2D eigenvalue weighted by Gasteiger charge is -2.55. The number of benzene rings is 1. The second-order valence-electron chi connectivity index (χ2n) is 15.6. The molecule has 10 nitrogen and oxygen atoms in total. The number of nitrogens with zero attached hydrogens (tertiary/aromatic N) is 3. The van der Waals surface area contributed by atoms with Crippen LogP contribution < -0.4 is 20.7 Å². The normalized spacial score (nSPS) is 23.9. The maximum Gasteiger partial charge on any atom is 0.407 e. The topological polar surface area (TPSA) is 128 Å². The van der Waals surface area contributed by atoms with Gasteiger partial charge in [-0.2, -0.15) is 0 Å². The van der Waals surface area contributed by atoms with Crippen LogP contribution in [0.1, 0.15) is 115 Å². The molecule has 4 aliphatic carbocycles. The van der Waals surface area contributed by atoms with E-state index >= 15 is 0 Å². The molecule has 2 bridgehead atoms. The average Bonchev–Trinajstić information content (AvgIpc) is 3.18. The summed E-state index contributed by atoms with van der Waals surface area (Å²) >= 11 is 0. The molecule has 10 heteroatoms. The number of carbonyl (C=O) groups is 2. The molecule has 2 heterocycles. The van der Waals surface area contributed by atoms with E-state index in [2.05, 4.69) is 40.3 Å².